The second-order valence-electron chi connectivity index (χ2n) is 4.66. The van der Waals surface area contributed by atoms with Gasteiger partial charge in [-0.25, -0.2) is 9.97 Å². The van der Waals surface area contributed by atoms with E-state index in [1.807, 2.05) is 48.5 Å². The number of nitrogens with zero attached hydrogens (tertiary/aromatic N) is 2. The first-order valence-corrected chi connectivity index (χ1v) is 6.50. The van der Waals surface area contributed by atoms with Crippen LogP contribution in [0.3, 0.4) is 0 Å². The maximum Gasteiger partial charge on any atom is 0.293 e. The highest BCUT2D eigenvalue weighted by atomic mass is 16.2. The van der Waals surface area contributed by atoms with E-state index in [-0.39, 0.29) is 11.7 Å². The Morgan fingerprint density at radius 2 is 1.48 bits per heavy atom. The van der Waals surface area contributed by atoms with E-state index in [1.54, 1.807) is 0 Å². The summed E-state index contributed by atoms with van der Waals surface area (Å²) in [5.41, 5.74) is 3.26. The number of carbonyl (C=O) groups excluding carboxylic acids is 1. The number of aromatic nitrogens is 4. The minimum atomic E-state index is -0.328. The van der Waals surface area contributed by atoms with Gasteiger partial charge in [0.1, 0.15) is 0 Å². The number of para-hydroxylation sites is 4. The molecular formula is C15H11N5O. The standard InChI is InChI=1S/C15H11N5O/c21-14(13-16-9-5-1-2-6-10(9)17-13)20-15-18-11-7-3-4-8-12(11)19-15/h1-8H,(H,16,17)(H2,18,19,20,21). The van der Waals surface area contributed by atoms with Crippen molar-refractivity contribution in [1.82, 2.24) is 19.9 Å². The van der Waals surface area contributed by atoms with Gasteiger partial charge >= 0.3 is 0 Å². The number of hydrogen-bond donors (Lipinski definition) is 3. The molecule has 4 rings (SSSR count). The van der Waals surface area contributed by atoms with Crippen LogP contribution in [0.25, 0.3) is 22.1 Å². The van der Waals surface area contributed by atoms with Crippen LogP contribution in [0.2, 0.25) is 0 Å². The topological polar surface area (TPSA) is 86.5 Å². The number of aromatic amines is 2. The fraction of sp³-hybridized carbons (Fsp3) is 0. The van der Waals surface area contributed by atoms with E-state index in [2.05, 4.69) is 25.3 Å². The van der Waals surface area contributed by atoms with Gasteiger partial charge in [0.05, 0.1) is 22.1 Å². The third kappa shape index (κ3) is 2.02. The van der Waals surface area contributed by atoms with Crippen molar-refractivity contribution in [1.29, 1.82) is 0 Å². The van der Waals surface area contributed by atoms with Crippen molar-refractivity contribution >= 4 is 33.9 Å². The van der Waals surface area contributed by atoms with E-state index >= 15 is 0 Å². The summed E-state index contributed by atoms with van der Waals surface area (Å²) in [5.74, 6) is 0.337. The third-order valence-electron chi connectivity index (χ3n) is 3.23. The molecule has 0 saturated carbocycles. The first-order chi connectivity index (χ1) is 10.3. The normalized spacial score (nSPS) is 11.0. The van der Waals surface area contributed by atoms with Crippen LogP contribution in [0.4, 0.5) is 5.95 Å². The molecule has 0 spiro atoms. The number of imidazole rings is 2. The van der Waals surface area contributed by atoms with Gasteiger partial charge in [-0.05, 0) is 24.3 Å². The average molecular weight is 277 g/mol. The second kappa shape index (κ2) is 4.45. The minimum Gasteiger partial charge on any atom is -0.334 e. The van der Waals surface area contributed by atoms with E-state index in [9.17, 15) is 4.79 Å². The summed E-state index contributed by atoms with van der Waals surface area (Å²) in [5, 5.41) is 2.71. The summed E-state index contributed by atoms with van der Waals surface area (Å²) < 4.78 is 0. The lowest BCUT2D eigenvalue weighted by Gasteiger charge is -1.97. The largest absolute Gasteiger partial charge is 0.334 e. The molecule has 0 unspecified atom stereocenters. The molecule has 2 aromatic carbocycles. The number of anilines is 1. The van der Waals surface area contributed by atoms with Crippen molar-refractivity contribution in [2.45, 2.75) is 0 Å². The van der Waals surface area contributed by atoms with E-state index in [0.29, 0.717) is 5.95 Å². The second-order valence-corrected chi connectivity index (χ2v) is 4.66. The molecule has 0 radical (unpaired) electrons. The Morgan fingerprint density at radius 1 is 0.857 bits per heavy atom. The molecule has 2 heterocycles. The van der Waals surface area contributed by atoms with Crippen LogP contribution in [-0.2, 0) is 0 Å². The predicted octanol–water partition coefficient (Wildman–Crippen LogP) is 2.69. The number of fused-ring (bicyclic) bond motifs is 2. The molecule has 4 aromatic rings. The Balaban J connectivity index is 1.65. The Bertz CT molecular complexity index is 887. The van der Waals surface area contributed by atoms with Gasteiger partial charge in [-0.15, -0.1) is 0 Å². The third-order valence-corrected chi connectivity index (χ3v) is 3.23. The zero-order valence-electron chi connectivity index (χ0n) is 10.9. The zero-order chi connectivity index (χ0) is 14.2. The number of amides is 1. The molecule has 0 aliphatic heterocycles. The number of H-pyrrole nitrogens is 2. The molecule has 21 heavy (non-hydrogen) atoms. The van der Waals surface area contributed by atoms with Crippen molar-refractivity contribution in [3.05, 3.63) is 54.4 Å². The van der Waals surface area contributed by atoms with Crippen molar-refractivity contribution in [2.75, 3.05) is 5.32 Å². The SMILES string of the molecule is O=C(Nc1nc2ccccc2[nH]1)c1nc2ccccc2[nH]1. The quantitative estimate of drug-likeness (QED) is 0.526. The zero-order valence-corrected chi connectivity index (χ0v) is 10.9. The number of benzene rings is 2. The van der Waals surface area contributed by atoms with Gasteiger partial charge in [0.25, 0.3) is 5.91 Å². The monoisotopic (exact) mass is 277 g/mol. The van der Waals surface area contributed by atoms with E-state index in [4.69, 9.17) is 0 Å². The van der Waals surface area contributed by atoms with Crippen LogP contribution in [0.15, 0.2) is 48.5 Å². The van der Waals surface area contributed by atoms with Crippen molar-refractivity contribution in [3.63, 3.8) is 0 Å². The number of carbonyl (C=O) groups is 1. The van der Waals surface area contributed by atoms with Gasteiger partial charge in [0.15, 0.2) is 5.82 Å². The summed E-state index contributed by atoms with van der Waals surface area (Å²) in [6.07, 6.45) is 0. The molecule has 0 saturated heterocycles. The summed E-state index contributed by atoms with van der Waals surface area (Å²) in [6, 6.07) is 15.1. The van der Waals surface area contributed by atoms with E-state index in [0.717, 1.165) is 22.1 Å². The number of rotatable bonds is 2. The highest BCUT2D eigenvalue weighted by Crippen LogP contribution is 2.15. The first-order valence-electron chi connectivity index (χ1n) is 6.50. The van der Waals surface area contributed by atoms with Crippen LogP contribution in [-0.4, -0.2) is 25.8 Å². The Kier molecular flexibility index (Phi) is 2.47. The van der Waals surface area contributed by atoms with Crippen LogP contribution < -0.4 is 5.32 Å². The summed E-state index contributed by atoms with van der Waals surface area (Å²) in [7, 11) is 0. The van der Waals surface area contributed by atoms with E-state index in [1.165, 1.54) is 0 Å². The van der Waals surface area contributed by atoms with E-state index < -0.39 is 0 Å². The minimum absolute atomic E-state index is 0.261. The maximum absolute atomic E-state index is 12.2. The fourth-order valence-electron chi connectivity index (χ4n) is 2.24. The number of hydrogen-bond acceptors (Lipinski definition) is 3. The van der Waals surface area contributed by atoms with Crippen molar-refractivity contribution < 1.29 is 4.79 Å². The molecule has 6 nitrogen and oxygen atoms in total. The molecule has 102 valence electrons. The van der Waals surface area contributed by atoms with Crippen LogP contribution in [0, 0.1) is 0 Å². The van der Waals surface area contributed by atoms with Gasteiger partial charge in [-0.3, -0.25) is 10.1 Å². The van der Waals surface area contributed by atoms with Gasteiger partial charge in [-0.1, -0.05) is 24.3 Å². The Hall–Kier alpha value is -3.15. The lowest BCUT2D eigenvalue weighted by Crippen LogP contribution is -2.14. The molecule has 6 heteroatoms. The van der Waals surface area contributed by atoms with Crippen LogP contribution >= 0.6 is 0 Å². The lowest BCUT2D eigenvalue weighted by atomic mass is 10.3. The highest BCUT2D eigenvalue weighted by molar-refractivity contribution is 6.03. The molecule has 0 aliphatic carbocycles. The number of nitrogens with one attached hydrogen (secondary N) is 3. The van der Waals surface area contributed by atoms with Crippen molar-refractivity contribution in [3.8, 4) is 0 Å². The van der Waals surface area contributed by atoms with Gasteiger partial charge < -0.3 is 9.97 Å². The lowest BCUT2D eigenvalue weighted by molar-refractivity contribution is 0.101. The molecule has 3 N–H and O–H groups in total. The summed E-state index contributed by atoms with van der Waals surface area (Å²) >= 11 is 0. The van der Waals surface area contributed by atoms with Crippen LogP contribution in [0.5, 0.6) is 0 Å². The molecular weight excluding hydrogens is 266 g/mol. The van der Waals surface area contributed by atoms with Crippen molar-refractivity contribution in [2.24, 2.45) is 0 Å². The van der Waals surface area contributed by atoms with Gasteiger partial charge in [0, 0.05) is 0 Å². The molecule has 0 fully saturated rings. The fourth-order valence-corrected chi connectivity index (χ4v) is 2.24. The molecule has 2 aromatic heterocycles. The van der Waals surface area contributed by atoms with Gasteiger partial charge in [0.2, 0.25) is 5.95 Å². The molecule has 1 amide bonds. The molecule has 0 bridgehead atoms. The Labute approximate surface area is 119 Å². The Morgan fingerprint density at radius 3 is 2.14 bits per heavy atom. The highest BCUT2D eigenvalue weighted by Gasteiger charge is 2.13. The van der Waals surface area contributed by atoms with Crippen LogP contribution in [0.1, 0.15) is 10.6 Å². The summed E-state index contributed by atoms with van der Waals surface area (Å²) in [6.45, 7) is 0. The predicted molar refractivity (Wildman–Crippen MR) is 80.1 cm³/mol. The molecule has 0 atom stereocenters. The summed E-state index contributed by atoms with van der Waals surface area (Å²) in [4.78, 5) is 26.8. The first kappa shape index (κ1) is 11.7. The smallest absolute Gasteiger partial charge is 0.293 e. The molecule has 0 aliphatic rings. The van der Waals surface area contributed by atoms with Gasteiger partial charge in [-0.2, -0.15) is 0 Å². The maximum atomic E-state index is 12.2. The average Bonchev–Trinajstić information content (AvgIpc) is 3.10.